The van der Waals surface area contributed by atoms with Gasteiger partial charge in [0.15, 0.2) is 6.29 Å². The molecule has 23 heavy (non-hydrogen) atoms. The fraction of sp³-hybridized carbons (Fsp3) is 0.211. The summed E-state index contributed by atoms with van der Waals surface area (Å²) in [5, 5.41) is 1.01. The normalized spacial score (nSPS) is 15.2. The summed E-state index contributed by atoms with van der Waals surface area (Å²) >= 11 is 0. The summed E-state index contributed by atoms with van der Waals surface area (Å²) in [5.41, 5.74) is 3.83. The van der Waals surface area contributed by atoms with Gasteiger partial charge in [-0.1, -0.05) is 30.3 Å². The first-order chi connectivity index (χ1) is 11.3. The van der Waals surface area contributed by atoms with Crippen molar-refractivity contribution in [2.45, 2.75) is 6.29 Å². The van der Waals surface area contributed by atoms with Gasteiger partial charge in [0.25, 0.3) is 0 Å². The summed E-state index contributed by atoms with van der Waals surface area (Å²) < 4.78 is 16.7. The van der Waals surface area contributed by atoms with Crippen molar-refractivity contribution in [1.82, 2.24) is 4.98 Å². The van der Waals surface area contributed by atoms with Crippen molar-refractivity contribution in [3.8, 4) is 17.0 Å². The summed E-state index contributed by atoms with van der Waals surface area (Å²) in [6.45, 7) is 1.21. The zero-order chi connectivity index (χ0) is 15.6. The highest BCUT2D eigenvalue weighted by atomic mass is 16.7. The average molecular weight is 307 g/mol. The molecule has 0 amide bonds. The van der Waals surface area contributed by atoms with Crippen LogP contribution in [0.5, 0.6) is 5.75 Å². The van der Waals surface area contributed by atoms with Gasteiger partial charge in [0.2, 0.25) is 0 Å². The molecule has 2 aromatic carbocycles. The number of ether oxygens (including phenoxy) is 3. The van der Waals surface area contributed by atoms with E-state index in [0.717, 1.165) is 33.5 Å². The van der Waals surface area contributed by atoms with Crippen LogP contribution in [-0.2, 0) is 9.47 Å². The van der Waals surface area contributed by atoms with Crippen molar-refractivity contribution in [3.05, 3.63) is 60.2 Å². The van der Waals surface area contributed by atoms with Crippen molar-refractivity contribution < 1.29 is 14.2 Å². The van der Waals surface area contributed by atoms with E-state index in [1.807, 2.05) is 36.4 Å². The van der Waals surface area contributed by atoms with E-state index in [9.17, 15) is 0 Å². The second kappa shape index (κ2) is 5.99. The van der Waals surface area contributed by atoms with Crippen molar-refractivity contribution in [2.24, 2.45) is 0 Å². The lowest BCUT2D eigenvalue weighted by molar-refractivity contribution is -0.0437. The molecule has 1 fully saturated rings. The van der Waals surface area contributed by atoms with Crippen LogP contribution >= 0.6 is 0 Å². The number of benzene rings is 2. The van der Waals surface area contributed by atoms with E-state index in [4.69, 9.17) is 19.2 Å². The summed E-state index contributed by atoms with van der Waals surface area (Å²) in [5.74, 6) is 0.811. The fourth-order valence-electron chi connectivity index (χ4n) is 2.84. The quantitative estimate of drug-likeness (QED) is 0.734. The maximum Gasteiger partial charge on any atom is 0.186 e. The van der Waals surface area contributed by atoms with Crippen molar-refractivity contribution >= 4 is 10.9 Å². The Hall–Kier alpha value is -2.43. The van der Waals surface area contributed by atoms with E-state index < -0.39 is 0 Å². The molecule has 0 bridgehead atoms. The minimum atomic E-state index is -0.367. The van der Waals surface area contributed by atoms with E-state index in [0.29, 0.717) is 13.2 Å². The van der Waals surface area contributed by atoms with Gasteiger partial charge in [-0.2, -0.15) is 0 Å². The number of rotatable bonds is 3. The maximum atomic E-state index is 5.71. The Kier molecular flexibility index (Phi) is 3.69. The van der Waals surface area contributed by atoms with Gasteiger partial charge in [0.1, 0.15) is 5.75 Å². The van der Waals surface area contributed by atoms with Gasteiger partial charge in [0, 0.05) is 16.5 Å². The lowest BCUT2D eigenvalue weighted by Gasteiger charge is -2.16. The molecule has 1 saturated heterocycles. The first-order valence-corrected chi connectivity index (χ1v) is 7.62. The van der Waals surface area contributed by atoms with E-state index >= 15 is 0 Å². The van der Waals surface area contributed by atoms with Crippen LogP contribution in [0, 0.1) is 0 Å². The lowest BCUT2D eigenvalue weighted by atomic mass is 10.0. The van der Waals surface area contributed by atoms with Crippen LogP contribution in [0.3, 0.4) is 0 Å². The zero-order valence-corrected chi connectivity index (χ0v) is 12.9. The van der Waals surface area contributed by atoms with Crippen LogP contribution in [-0.4, -0.2) is 25.3 Å². The van der Waals surface area contributed by atoms with E-state index in [1.54, 1.807) is 7.11 Å². The molecule has 0 saturated carbocycles. The highest BCUT2D eigenvalue weighted by molar-refractivity contribution is 5.84. The Balaban J connectivity index is 1.93. The van der Waals surface area contributed by atoms with Gasteiger partial charge in [-0.05, 0) is 24.3 Å². The topological polar surface area (TPSA) is 40.6 Å². The molecule has 4 rings (SSSR count). The van der Waals surface area contributed by atoms with Crippen LogP contribution in [0.2, 0.25) is 0 Å². The first kappa shape index (κ1) is 14.2. The zero-order valence-electron chi connectivity index (χ0n) is 12.9. The maximum absolute atomic E-state index is 5.71. The third-order valence-corrected chi connectivity index (χ3v) is 3.97. The highest BCUT2D eigenvalue weighted by Gasteiger charge is 2.23. The molecule has 3 aromatic rings. The lowest BCUT2D eigenvalue weighted by Crippen LogP contribution is -2.03. The number of fused-ring (bicyclic) bond motifs is 1. The second-order valence-electron chi connectivity index (χ2n) is 5.42. The van der Waals surface area contributed by atoms with Gasteiger partial charge in [0.05, 0.1) is 31.5 Å². The highest BCUT2D eigenvalue weighted by Crippen LogP contribution is 2.34. The van der Waals surface area contributed by atoms with Crippen molar-refractivity contribution in [2.75, 3.05) is 20.3 Å². The first-order valence-electron chi connectivity index (χ1n) is 7.62. The van der Waals surface area contributed by atoms with Crippen molar-refractivity contribution in [1.29, 1.82) is 0 Å². The van der Waals surface area contributed by atoms with Gasteiger partial charge < -0.3 is 14.2 Å². The Bertz CT molecular complexity index is 827. The summed E-state index contributed by atoms with van der Waals surface area (Å²) in [6.07, 6.45) is -0.367. The molecule has 0 N–H and O–H groups in total. The minimum Gasteiger partial charge on any atom is -0.497 e. The minimum absolute atomic E-state index is 0.367. The van der Waals surface area contributed by atoms with Crippen LogP contribution in [0.1, 0.15) is 11.9 Å². The Morgan fingerprint density at radius 1 is 1.00 bits per heavy atom. The molecule has 116 valence electrons. The number of pyridine rings is 1. The molecule has 4 heteroatoms. The molecule has 4 nitrogen and oxygen atoms in total. The third-order valence-electron chi connectivity index (χ3n) is 3.97. The monoisotopic (exact) mass is 307 g/mol. The largest absolute Gasteiger partial charge is 0.497 e. The molecule has 1 aliphatic rings. The molecule has 0 unspecified atom stereocenters. The molecular weight excluding hydrogens is 290 g/mol. The fourth-order valence-corrected chi connectivity index (χ4v) is 2.84. The number of nitrogens with zero attached hydrogens (tertiary/aromatic N) is 1. The molecular formula is C19H17NO3. The van der Waals surface area contributed by atoms with Crippen LogP contribution in [0.4, 0.5) is 0 Å². The SMILES string of the molecule is COc1ccc2nc(-c3ccccc3)c(C3OCCO3)cc2c1. The standard InChI is InChI=1S/C19H17NO3/c1-21-15-7-8-17-14(11-15)12-16(19-22-9-10-23-19)18(20-17)13-5-3-2-4-6-13/h2-8,11-12,19H,9-10H2,1H3. The van der Waals surface area contributed by atoms with Crippen molar-refractivity contribution in [3.63, 3.8) is 0 Å². The van der Waals surface area contributed by atoms with Gasteiger partial charge in [-0.3, -0.25) is 0 Å². The van der Waals surface area contributed by atoms with Gasteiger partial charge in [-0.15, -0.1) is 0 Å². The third kappa shape index (κ3) is 2.67. The van der Waals surface area contributed by atoms with Gasteiger partial charge in [-0.25, -0.2) is 4.98 Å². The molecule has 0 atom stereocenters. The smallest absolute Gasteiger partial charge is 0.186 e. The molecule has 0 aliphatic carbocycles. The number of hydrogen-bond donors (Lipinski definition) is 0. The average Bonchev–Trinajstić information content (AvgIpc) is 3.15. The van der Waals surface area contributed by atoms with E-state index in [-0.39, 0.29) is 6.29 Å². The molecule has 1 aromatic heterocycles. The summed E-state index contributed by atoms with van der Waals surface area (Å²) in [7, 11) is 1.66. The van der Waals surface area contributed by atoms with E-state index in [2.05, 4.69) is 18.2 Å². The summed E-state index contributed by atoms with van der Waals surface area (Å²) in [4.78, 5) is 4.85. The molecule has 0 radical (unpaired) electrons. The molecule has 2 heterocycles. The van der Waals surface area contributed by atoms with Crippen LogP contribution in [0.15, 0.2) is 54.6 Å². The Labute approximate surface area is 134 Å². The second-order valence-corrected chi connectivity index (χ2v) is 5.42. The predicted molar refractivity (Wildman–Crippen MR) is 88.4 cm³/mol. The molecule has 1 aliphatic heterocycles. The molecule has 0 spiro atoms. The number of hydrogen-bond acceptors (Lipinski definition) is 4. The number of methoxy groups -OCH3 is 1. The predicted octanol–water partition coefficient (Wildman–Crippen LogP) is 3.96. The van der Waals surface area contributed by atoms with E-state index in [1.165, 1.54) is 0 Å². The Morgan fingerprint density at radius 3 is 2.52 bits per heavy atom. The van der Waals surface area contributed by atoms with Crippen LogP contribution in [0.25, 0.3) is 22.2 Å². The number of aromatic nitrogens is 1. The van der Waals surface area contributed by atoms with Gasteiger partial charge >= 0.3 is 0 Å². The summed E-state index contributed by atoms with van der Waals surface area (Å²) in [6, 6.07) is 18.1. The van der Waals surface area contributed by atoms with Crippen LogP contribution < -0.4 is 4.74 Å². The Morgan fingerprint density at radius 2 is 1.78 bits per heavy atom.